The zero-order chi connectivity index (χ0) is 31.3. The minimum atomic E-state index is -0.996. The first kappa shape index (κ1) is 28.8. The van der Waals surface area contributed by atoms with E-state index in [4.69, 9.17) is 9.97 Å². The van der Waals surface area contributed by atoms with Gasteiger partial charge in [0.25, 0.3) is 0 Å². The molecule has 0 spiro atoms. The van der Waals surface area contributed by atoms with Crippen molar-refractivity contribution in [1.29, 1.82) is 0 Å². The zero-order valence-corrected chi connectivity index (χ0v) is 24.8. The lowest BCUT2D eigenvalue weighted by Gasteiger charge is -2.35. The van der Waals surface area contributed by atoms with Crippen molar-refractivity contribution in [2.24, 2.45) is 0 Å². The van der Waals surface area contributed by atoms with Gasteiger partial charge in [0, 0.05) is 23.0 Å². The number of hydrogen-bond donors (Lipinski definition) is 0. The third kappa shape index (κ3) is 5.33. The Morgan fingerprint density at radius 2 is 0.957 bits per heavy atom. The van der Waals surface area contributed by atoms with Crippen LogP contribution in [0.2, 0.25) is 0 Å². The Balaban J connectivity index is 1.52. The number of nitrogens with zero attached hydrogens (tertiary/aromatic N) is 3. The maximum absolute atomic E-state index is 15.1. The number of aromatic nitrogens is 2. The average Bonchev–Trinajstić information content (AvgIpc) is 3.11. The molecule has 2 aromatic heterocycles. The number of hydrogen-bond acceptors (Lipinski definition) is 3. The van der Waals surface area contributed by atoms with E-state index in [1.54, 1.807) is 6.07 Å². The molecule has 0 bridgehead atoms. The van der Waals surface area contributed by atoms with Crippen LogP contribution in [0, 0.1) is 11.6 Å². The van der Waals surface area contributed by atoms with Crippen LogP contribution in [0.5, 0.6) is 0 Å². The first-order valence-electron chi connectivity index (χ1n) is 15.1. The van der Waals surface area contributed by atoms with Crippen LogP contribution in [0.25, 0.3) is 11.3 Å². The number of pyridine rings is 2. The Labute approximate surface area is 267 Å². The second kappa shape index (κ2) is 12.6. The number of anilines is 3. The molecule has 0 N–H and O–H groups in total. The van der Waals surface area contributed by atoms with Crippen LogP contribution in [-0.2, 0) is 5.41 Å². The largest absolute Gasteiger partial charge is 0.295 e. The van der Waals surface area contributed by atoms with E-state index in [2.05, 4.69) is 53.4 Å². The van der Waals surface area contributed by atoms with E-state index in [0.717, 1.165) is 40.1 Å². The van der Waals surface area contributed by atoms with Gasteiger partial charge in [-0.3, -0.25) is 9.88 Å². The van der Waals surface area contributed by atoms with Crippen molar-refractivity contribution in [1.82, 2.24) is 9.97 Å². The van der Waals surface area contributed by atoms with Gasteiger partial charge in [0.1, 0.15) is 22.9 Å². The standard InChI is InChI=1S/C41H29F2N3/c42-32-27-28-35(36(43)29-32)37-23-13-24-38(44-37)41(30-15-5-1-6-16-30,31-17-7-2-8-18-31)39-25-14-26-40(45-39)46(33-19-9-3-10-20-33)34-21-11-4-12-22-34/h1-29H. The molecule has 0 amide bonds. The number of benzene rings is 5. The van der Waals surface area contributed by atoms with E-state index >= 15 is 4.39 Å². The molecule has 0 saturated carbocycles. The molecule has 7 rings (SSSR count). The van der Waals surface area contributed by atoms with Gasteiger partial charge in [-0.15, -0.1) is 0 Å². The van der Waals surface area contributed by atoms with E-state index in [1.807, 2.05) is 103 Å². The van der Waals surface area contributed by atoms with Crippen LogP contribution in [0.1, 0.15) is 22.5 Å². The minimum Gasteiger partial charge on any atom is -0.295 e. The fourth-order valence-electron chi connectivity index (χ4n) is 6.08. The maximum Gasteiger partial charge on any atom is 0.137 e. The topological polar surface area (TPSA) is 29.0 Å². The van der Waals surface area contributed by atoms with Gasteiger partial charge in [0.2, 0.25) is 0 Å². The highest BCUT2D eigenvalue weighted by molar-refractivity contribution is 5.75. The van der Waals surface area contributed by atoms with Gasteiger partial charge in [-0.25, -0.2) is 13.8 Å². The van der Waals surface area contributed by atoms with E-state index in [0.29, 0.717) is 11.4 Å². The Kier molecular flexibility index (Phi) is 7.88. The van der Waals surface area contributed by atoms with E-state index in [9.17, 15) is 4.39 Å². The third-order valence-corrected chi connectivity index (χ3v) is 8.13. The highest BCUT2D eigenvalue weighted by atomic mass is 19.1. The van der Waals surface area contributed by atoms with Gasteiger partial charge < -0.3 is 0 Å². The molecule has 3 nitrogen and oxygen atoms in total. The first-order chi connectivity index (χ1) is 22.6. The van der Waals surface area contributed by atoms with Gasteiger partial charge in [-0.05, 0) is 71.8 Å². The van der Waals surface area contributed by atoms with Crippen molar-refractivity contribution in [2.75, 3.05) is 4.90 Å². The number of halogens is 2. The summed E-state index contributed by atoms with van der Waals surface area (Å²) in [7, 11) is 0. The molecule has 2 heterocycles. The van der Waals surface area contributed by atoms with Gasteiger partial charge in [-0.1, -0.05) is 109 Å². The summed E-state index contributed by atoms with van der Waals surface area (Å²) in [6, 6.07) is 55.7. The lowest BCUT2D eigenvalue weighted by molar-refractivity contribution is 0.585. The summed E-state index contributed by atoms with van der Waals surface area (Å²) in [5.41, 5.74) is 4.85. The molecule has 0 aliphatic heterocycles. The van der Waals surface area contributed by atoms with Crippen molar-refractivity contribution in [3.8, 4) is 11.3 Å². The molecule has 0 fully saturated rings. The molecule has 0 radical (unpaired) electrons. The van der Waals surface area contributed by atoms with Crippen molar-refractivity contribution in [3.63, 3.8) is 0 Å². The summed E-state index contributed by atoms with van der Waals surface area (Å²) in [4.78, 5) is 12.7. The molecule has 7 aromatic rings. The zero-order valence-electron chi connectivity index (χ0n) is 24.8. The lowest BCUT2D eigenvalue weighted by Crippen LogP contribution is -2.33. The van der Waals surface area contributed by atoms with Crippen molar-refractivity contribution < 1.29 is 8.78 Å². The fraction of sp³-hybridized carbons (Fsp3) is 0.0244. The summed E-state index contributed by atoms with van der Waals surface area (Å²) in [5, 5.41) is 0. The monoisotopic (exact) mass is 601 g/mol. The molecule has 46 heavy (non-hydrogen) atoms. The molecule has 0 aliphatic rings. The third-order valence-electron chi connectivity index (χ3n) is 8.13. The maximum atomic E-state index is 15.1. The molecule has 0 atom stereocenters. The van der Waals surface area contributed by atoms with Crippen molar-refractivity contribution in [2.45, 2.75) is 5.41 Å². The first-order valence-corrected chi connectivity index (χ1v) is 15.1. The summed E-state index contributed by atoms with van der Waals surface area (Å²) < 4.78 is 29.0. The average molecular weight is 602 g/mol. The van der Waals surface area contributed by atoms with Crippen LogP contribution in [0.3, 0.4) is 0 Å². The van der Waals surface area contributed by atoms with Gasteiger partial charge >= 0.3 is 0 Å². The summed E-state index contributed by atoms with van der Waals surface area (Å²) in [6.45, 7) is 0. The summed E-state index contributed by atoms with van der Waals surface area (Å²) in [6.07, 6.45) is 0. The van der Waals surface area contributed by atoms with Crippen LogP contribution >= 0.6 is 0 Å². The Hall–Kier alpha value is -5.94. The molecular weight excluding hydrogens is 572 g/mol. The second-order valence-electron chi connectivity index (χ2n) is 10.9. The predicted octanol–water partition coefficient (Wildman–Crippen LogP) is 10.3. The molecule has 5 heteroatoms. The predicted molar refractivity (Wildman–Crippen MR) is 180 cm³/mol. The molecular formula is C41H29F2N3. The quantitative estimate of drug-likeness (QED) is 0.174. The Morgan fingerprint density at radius 1 is 0.457 bits per heavy atom. The van der Waals surface area contributed by atoms with Crippen molar-refractivity contribution >= 4 is 17.2 Å². The highest BCUT2D eigenvalue weighted by Crippen LogP contribution is 2.45. The normalized spacial score (nSPS) is 11.3. The van der Waals surface area contributed by atoms with E-state index in [1.165, 1.54) is 12.1 Å². The van der Waals surface area contributed by atoms with Gasteiger partial charge in [0.15, 0.2) is 0 Å². The molecule has 0 unspecified atom stereocenters. The number of para-hydroxylation sites is 2. The van der Waals surface area contributed by atoms with Gasteiger partial charge in [0.05, 0.1) is 17.1 Å². The number of rotatable bonds is 8. The van der Waals surface area contributed by atoms with Crippen LogP contribution < -0.4 is 4.90 Å². The molecule has 5 aromatic carbocycles. The van der Waals surface area contributed by atoms with Crippen LogP contribution in [-0.4, -0.2) is 9.97 Å². The summed E-state index contributed by atoms with van der Waals surface area (Å²) in [5.74, 6) is -0.578. The lowest BCUT2D eigenvalue weighted by atomic mass is 9.69. The Bertz CT molecular complexity index is 1990. The second-order valence-corrected chi connectivity index (χ2v) is 10.9. The summed E-state index contributed by atoms with van der Waals surface area (Å²) >= 11 is 0. The SMILES string of the molecule is Fc1ccc(-c2cccc(C(c3ccccc3)(c3ccccc3)c3cccc(N(c4ccccc4)c4ccccc4)n3)n2)c(F)c1. The van der Waals surface area contributed by atoms with Gasteiger partial charge in [-0.2, -0.15) is 0 Å². The Morgan fingerprint density at radius 3 is 1.50 bits per heavy atom. The molecule has 0 aliphatic carbocycles. The fourth-order valence-corrected chi connectivity index (χ4v) is 6.08. The van der Waals surface area contributed by atoms with Crippen LogP contribution in [0.15, 0.2) is 176 Å². The van der Waals surface area contributed by atoms with Crippen molar-refractivity contribution in [3.05, 3.63) is 210 Å². The molecule has 222 valence electrons. The highest BCUT2D eigenvalue weighted by Gasteiger charge is 2.41. The van der Waals surface area contributed by atoms with E-state index < -0.39 is 17.0 Å². The van der Waals surface area contributed by atoms with E-state index in [-0.39, 0.29) is 5.56 Å². The molecule has 0 saturated heterocycles. The smallest absolute Gasteiger partial charge is 0.137 e. The van der Waals surface area contributed by atoms with Crippen LogP contribution in [0.4, 0.5) is 26.0 Å². The minimum absolute atomic E-state index is 0.222.